The van der Waals surface area contributed by atoms with Crippen molar-refractivity contribution in [1.29, 1.82) is 0 Å². The normalized spacial score (nSPS) is 15.5. The van der Waals surface area contributed by atoms with Gasteiger partial charge in [0.25, 0.3) is 0 Å². The Morgan fingerprint density at radius 1 is 1.00 bits per heavy atom. The molecule has 1 aliphatic rings. The largest absolute Gasteiger partial charge is 0.385 e. The molecule has 1 aromatic heterocycles. The van der Waals surface area contributed by atoms with Gasteiger partial charge in [0.15, 0.2) is 0 Å². The Balaban J connectivity index is 1.25. The van der Waals surface area contributed by atoms with Gasteiger partial charge in [-0.2, -0.15) is 0 Å². The van der Waals surface area contributed by atoms with E-state index in [2.05, 4.69) is 20.6 Å². The van der Waals surface area contributed by atoms with Crippen LogP contribution in [-0.4, -0.2) is 39.8 Å². The fraction of sp³-hybridized carbons (Fsp3) is 0.308. The second-order valence-corrected chi connectivity index (χ2v) is 8.47. The maximum Gasteiger partial charge on any atom is 0.229 e. The number of benzene rings is 2. The third-order valence-electron chi connectivity index (χ3n) is 5.66. The van der Waals surface area contributed by atoms with E-state index >= 15 is 0 Å². The molecular weight excluding hydrogens is 414 g/mol. The summed E-state index contributed by atoms with van der Waals surface area (Å²) >= 11 is 0. The average Bonchev–Trinajstić information content (AvgIpc) is 3.15. The topological polar surface area (TPSA) is 87.2 Å². The number of likely N-dealkylation sites (tertiary alicyclic amines) is 1. The fourth-order valence-electron chi connectivity index (χ4n) is 4.05. The van der Waals surface area contributed by atoms with Crippen molar-refractivity contribution in [3.05, 3.63) is 83.4 Å². The molecule has 2 N–H and O–H groups in total. The number of carbonyl (C=O) groups excluding carboxylic acids is 2. The lowest BCUT2D eigenvalue weighted by Gasteiger charge is -2.16. The van der Waals surface area contributed by atoms with Crippen LogP contribution in [0.15, 0.2) is 60.7 Å². The number of carbonyl (C=O) groups is 2. The fourth-order valence-corrected chi connectivity index (χ4v) is 4.05. The van der Waals surface area contributed by atoms with Crippen molar-refractivity contribution in [3.8, 4) is 0 Å². The number of nitrogens with zero attached hydrogens (tertiary/aromatic N) is 3. The van der Waals surface area contributed by atoms with E-state index in [1.54, 1.807) is 4.90 Å². The SMILES string of the molecule is Cc1cc(C)nc(CCNc2ccc(NC(=O)C3CC(=O)N(Cc4ccccc4)C3)cc2)n1. The molecule has 1 fully saturated rings. The van der Waals surface area contributed by atoms with Gasteiger partial charge in [-0.1, -0.05) is 30.3 Å². The Morgan fingerprint density at radius 3 is 2.36 bits per heavy atom. The summed E-state index contributed by atoms with van der Waals surface area (Å²) in [6, 6.07) is 19.4. The Morgan fingerprint density at radius 2 is 1.67 bits per heavy atom. The maximum absolute atomic E-state index is 12.7. The Hall–Kier alpha value is -3.74. The monoisotopic (exact) mass is 443 g/mol. The molecule has 2 aromatic carbocycles. The van der Waals surface area contributed by atoms with Crippen molar-refractivity contribution in [2.24, 2.45) is 5.92 Å². The zero-order chi connectivity index (χ0) is 23.2. The van der Waals surface area contributed by atoms with E-state index in [-0.39, 0.29) is 24.2 Å². The van der Waals surface area contributed by atoms with Crippen LogP contribution in [0.4, 0.5) is 11.4 Å². The third kappa shape index (κ3) is 6.16. The molecule has 1 aliphatic heterocycles. The minimum absolute atomic E-state index is 0.0198. The maximum atomic E-state index is 12.7. The first-order valence-corrected chi connectivity index (χ1v) is 11.2. The van der Waals surface area contributed by atoms with Gasteiger partial charge in [0.2, 0.25) is 11.8 Å². The van der Waals surface area contributed by atoms with Crippen LogP contribution in [0.25, 0.3) is 0 Å². The lowest BCUT2D eigenvalue weighted by molar-refractivity contribution is -0.128. The Labute approximate surface area is 194 Å². The Kier molecular flexibility index (Phi) is 6.98. The number of aromatic nitrogens is 2. The van der Waals surface area contributed by atoms with E-state index in [9.17, 15) is 9.59 Å². The van der Waals surface area contributed by atoms with Crippen molar-refractivity contribution < 1.29 is 9.59 Å². The van der Waals surface area contributed by atoms with Gasteiger partial charge in [0.1, 0.15) is 5.82 Å². The molecule has 0 spiro atoms. The minimum atomic E-state index is -0.336. The summed E-state index contributed by atoms with van der Waals surface area (Å²) in [7, 11) is 0. The van der Waals surface area contributed by atoms with E-state index in [0.717, 1.165) is 47.1 Å². The first-order chi connectivity index (χ1) is 16.0. The lowest BCUT2D eigenvalue weighted by Crippen LogP contribution is -2.28. The molecule has 2 heterocycles. The smallest absolute Gasteiger partial charge is 0.229 e. The van der Waals surface area contributed by atoms with Crippen molar-refractivity contribution in [1.82, 2.24) is 14.9 Å². The molecule has 0 radical (unpaired) electrons. The van der Waals surface area contributed by atoms with Gasteiger partial charge < -0.3 is 15.5 Å². The summed E-state index contributed by atoms with van der Waals surface area (Å²) in [4.78, 5) is 35.7. The van der Waals surface area contributed by atoms with Crippen molar-refractivity contribution in [3.63, 3.8) is 0 Å². The van der Waals surface area contributed by atoms with Crippen molar-refractivity contribution in [2.45, 2.75) is 33.2 Å². The van der Waals surface area contributed by atoms with Gasteiger partial charge in [-0.25, -0.2) is 9.97 Å². The molecule has 0 bridgehead atoms. The average molecular weight is 444 g/mol. The number of anilines is 2. The molecule has 1 saturated heterocycles. The zero-order valence-corrected chi connectivity index (χ0v) is 19.0. The number of nitrogens with one attached hydrogen (secondary N) is 2. The van der Waals surface area contributed by atoms with E-state index < -0.39 is 0 Å². The molecule has 7 nitrogen and oxygen atoms in total. The van der Waals surface area contributed by atoms with Crippen LogP contribution in [0.2, 0.25) is 0 Å². The molecule has 3 aromatic rings. The summed E-state index contributed by atoms with van der Waals surface area (Å²) in [5.74, 6) is 0.394. The molecule has 2 amide bonds. The molecule has 0 saturated carbocycles. The van der Waals surface area contributed by atoms with Crippen molar-refractivity contribution >= 4 is 23.2 Å². The van der Waals surface area contributed by atoms with Crippen LogP contribution in [0.3, 0.4) is 0 Å². The van der Waals surface area contributed by atoms with Crippen molar-refractivity contribution in [2.75, 3.05) is 23.7 Å². The van der Waals surface area contributed by atoms with Crippen LogP contribution in [0, 0.1) is 19.8 Å². The highest BCUT2D eigenvalue weighted by molar-refractivity contribution is 5.97. The van der Waals surface area contributed by atoms with Gasteiger partial charge in [-0.3, -0.25) is 9.59 Å². The predicted molar refractivity (Wildman–Crippen MR) is 129 cm³/mol. The lowest BCUT2D eigenvalue weighted by atomic mass is 10.1. The summed E-state index contributed by atoms with van der Waals surface area (Å²) in [6.45, 7) is 5.65. The second kappa shape index (κ2) is 10.3. The highest BCUT2D eigenvalue weighted by Crippen LogP contribution is 2.22. The predicted octanol–water partition coefficient (Wildman–Crippen LogP) is 3.74. The number of hydrogen-bond donors (Lipinski definition) is 2. The zero-order valence-electron chi connectivity index (χ0n) is 19.0. The van der Waals surface area contributed by atoms with Gasteiger partial charge in [-0.05, 0) is 49.7 Å². The van der Waals surface area contributed by atoms with Gasteiger partial charge in [0, 0.05) is 55.2 Å². The van der Waals surface area contributed by atoms with Gasteiger partial charge in [-0.15, -0.1) is 0 Å². The number of aryl methyl sites for hydroxylation is 2. The number of rotatable bonds is 8. The number of hydrogen-bond acceptors (Lipinski definition) is 5. The molecule has 4 rings (SSSR count). The molecule has 1 atom stereocenters. The standard InChI is InChI=1S/C26H29N5O2/c1-18-14-19(2)29-24(28-18)12-13-27-22-8-10-23(11-9-22)30-26(33)21-15-25(32)31(17-21)16-20-6-4-3-5-7-20/h3-11,14,21,27H,12-13,15-17H2,1-2H3,(H,30,33). The van der Waals surface area contributed by atoms with E-state index in [1.807, 2.05) is 74.5 Å². The highest BCUT2D eigenvalue weighted by atomic mass is 16.2. The molecule has 33 heavy (non-hydrogen) atoms. The van der Waals surface area contributed by atoms with Crippen LogP contribution < -0.4 is 10.6 Å². The van der Waals surface area contributed by atoms with Crippen LogP contribution in [0.5, 0.6) is 0 Å². The summed E-state index contributed by atoms with van der Waals surface area (Å²) in [5.41, 5.74) is 4.70. The molecule has 7 heteroatoms. The Bertz CT molecular complexity index is 1100. The first kappa shape index (κ1) is 22.5. The summed E-state index contributed by atoms with van der Waals surface area (Å²) in [6.07, 6.45) is 0.981. The summed E-state index contributed by atoms with van der Waals surface area (Å²) in [5, 5.41) is 6.30. The van der Waals surface area contributed by atoms with Gasteiger partial charge >= 0.3 is 0 Å². The minimum Gasteiger partial charge on any atom is -0.385 e. The third-order valence-corrected chi connectivity index (χ3v) is 5.66. The van der Waals surface area contributed by atoms with E-state index in [4.69, 9.17) is 0 Å². The van der Waals surface area contributed by atoms with Crippen LogP contribution in [-0.2, 0) is 22.6 Å². The van der Waals surface area contributed by atoms with Gasteiger partial charge in [0.05, 0.1) is 5.92 Å². The highest BCUT2D eigenvalue weighted by Gasteiger charge is 2.34. The van der Waals surface area contributed by atoms with Crippen LogP contribution in [0.1, 0.15) is 29.2 Å². The van der Waals surface area contributed by atoms with E-state index in [1.165, 1.54) is 0 Å². The second-order valence-electron chi connectivity index (χ2n) is 8.47. The first-order valence-electron chi connectivity index (χ1n) is 11.2. The molecule has 1 unspecified atom stereocenters. The number of amides is 2. The van der Waals surface area contributed by atoms with Crippen LogP contribution >= 0.6 is 0 Å². The quantitative estimate of drug-likeness (QED) is 0.554. The van der Waals surface area contributed by atoms with E-state index in [0.29, 0.717) is 13.1 Å². The molecule has 170 valence electrons. The molecular formula is C26H29N5O2. The summed E-state index contributed by atoms with van der Waals surface area (Å²) < 4.78 is 0. The molecule has 0 aliphatic carbocycles.